The number of carbonyl (C=O) groups excluding carboxylic acids is 1. The summed E-state index contributed by atoms with van der Waals surface area (Å²) in [6, 6.07) is 14.3. The molecule has 136 valence electrons. The van der Waals surface area contributed by atoms with Crippen molar-refractivity contribution in [3.63, 3.8) is 0 Å². The lowest BCUT2D eigenvalue weighted by Crippen LogP contribution is -2.19. The molecule has 0 radical (unpaired) electrons. The summed E-state index contributed by atoms with van der Waals surface area (Å²) < 4.78 is 11.3. The Kier molecular flexibility index (Phi) is 5.08. The largest absolute Gasteiger partial charge is 0.484 e. The number of ether oxygens (including phenoxy) is 1. The van der Waals surface area contributed by atoms with E-state index in [9.17, 15) is 4.79 Å². The fourth-order valence-corrected chi connectivity index (χ4v) is 3.11. The van der Waals surface area contributed by atoms with Gasteiger partial charge in [-0.15, -0.1) is 10.2 Å². The SMILES string of the molecule is O=C1CSC(=Nc2ccc(OCc3nnc(-c4ccc(Cl)cc4)o3)cc2)N1. The highest BCUT2D eigenvalue weighted by molar-refractivity contribution is 8.15. The van der Waals surface area contributed by atoms with Crippen LogP contribution in [0.5, 0.6) is 5.75 Å². The fraction of sp³-hybridized carbons (Fsp3) is 0.111. The van der Waals surface area contributed by atoms with E-state index >= 15 is 0 Å². The van der Waals surface area contributed by atoms with Crippen LogP contribution in [0.25, 0.3) is 11.5 Å². The van der Waals surface area contributed by atoms with Crippen molar-refractivity contribution in [3.05, 3.63) is 59.4 Å². The molecule has 0 atom stereocenters. The van der Waals surface area contributed by atoms with Gasteiger partial charge in [-0.05, 0) is 48.5 Å². The summed E-state index contributed by atoms with van der Waals surface area (Å²) in [6.07, 6.45) is 0. The summed E-state index contributed by atoms with van der Waals surface area (Å²) in [5.74, 6) is 1.80. The van der Waals surface area contributed by atoms with Gasteiger partial charge in [-0.25, -0.2) is 4.99 Å². The molecule has 1 N–H and O–H groups in total. The van der Waals surface area contributed by atoms with E-state index in [0.29, 0.717) is 33.5 Å². The standard InChI is InChI=1S/C18H13ClN4O3S/c19-12-3-1-11(2-4-12)17-23-22-16(26-17)9-25-14-7-5-13(6-8-14)20-18-21-15(24)10-27-18/h1-8H,9-10H2,(H,20,21,24). The van der Waals surface area contributed by atoms with E-state index in [-0.39, 0.29) is 12.5 Å². The number of benzene rings is 2. The molecular formula is C18H13ClN4O3S. The summed E-state index contributed by atoms with van der Waals surface area (Å²) in [5, 5.41) is 11.9. The van der Waals surface area contributed by atoms with Crippen LogP contribution in [0.1, 0.15) is 5.89 Å². The third-order valence-corrected chi connectivity index (χ3v) is 4.70. The van der Waals surface area contributed by atoms with Crippen LogP contribution in [-0.4, -0.2) is 27.0 Å². The van der Waals surface area contributed by atoms with Gasteiger partial charge < -0.3 is 14.5 Å². The quantitative estimate of drug-likeness (QED) is 0.700. The van der Waals surface area contributed by atoms with Crippen LogP contribution in [0.4, 0.5) is 5.69 Å². The third-order valence-electron chi connectivity index (χ3n) is 3.57. The van der Waals surface area contributed by atoms with E-state index in [1.54, 1.807) is 36.4 Å². The highest BCUT2D eigenvalue weighted by atomic mass is 35.5. The van der Waals surface area contributed by atoms with Crippen molar-refractivity contribution in [2.45, 2.75) is 6.61 Å². The van der Waals surface area contributed by atoms with Crippen LogP contribution in [0.3, 0.4) is 0 Å². The number of carbonyl (C=O) groups is 1. The van der Waals surface area contributed by atoms with Crippen molar-refractivity contribution < 1.29 is 13.9 Å². The lowest BCUT2D eigenvalue weighted by molar-refractivity contribution is -0.116. The number of nitrogens with zero attached hydrogens (tertiary/aromatic N) is 3. The van der Waals surface area contributed by atoms with E-state index in [1.165, 1.54) is 11.8 Å². The van der Waals surface area contributed by atoms with Crippen LogP contribution in [-0.2, 0) is 11.4 Å². The van der Waals surface area contributed by atoms with Crippen molar-refractivity contribution in [2.24, 2.45) is 4.99 Å². The van der Waals surface area contributed by atoms with Gasteiger partial charge in [-0.1, -0.05) is 23.4 Å². The predicted molar refractivity (Wildman–Crippen MR) is 103 cm³/mol. The fourth-order valence-electron chi connectivity index (χ4n) is 2.29. The number of hydrogen-bond donors (Lipinski definition) is 1. The van der Waals surface area contributed by atoms with E-state index in [0.717, 1.165) is 11.3 Å². The molecule has 1 aliphatic heterocycles. The number of aromatic nitrogens is 2. The Morgan fingerprint density at radius 1 is 1.15 bits per heavy atom. The van der Waals surface area contributed by atoms with Crippen LogP contribution >= 0.6 is 23.4 Å². The molecule has 9 heteroatoms. The summed E-state index contributed by atoms with van der Waals surface area (Å²) in [7, 11) is 0. The van der Waals surface area contributed by atoms with E-state index in [2.05, 4.69) is 20.5 Å². The molecule has 0 aliphatic carbocycles. The lowest BCUT2D eigenvalue weighted by atomic mass is 10.2. The first-order valence-corrected chi connectivity index (χ1v) is 9.34. The third kappa shape index (κ3) is 4.47. The molecule has 7 nitrogen and oxygen atoms in total. The number of amidine groups is 1. The minimum absolute atomic E-state index is 0.0313. The zero-order valence-corrected chi connectivity index (χ0v) is 15.5. The molecule has 1 saturated heterocycles. The van der Waals surface area contributed by atoms with Gasteiger partial charge in [0.25, 0.3) is 5.89 Å². The van der Waals surface area contributed by atoms with Crippen molar-refractivity contribution in [2.75, 3.05) is 5.75 Å². The van der Waals surface area contributed by atoms with E-state index in [1.807, 2.05) is 12.1 Å². The Hall–Kier alpha value is -2.84. The van der Waals surface area contributed by atoms with Crippen molar-refractivity contribution in [3.8, 4) is 17.2 Å². The molecule has 2 heterocycles. The smallest absolute Gasteiger partial charge is 0.254 e. The highest BCUT2D eigenvalue weighted by Crippen LogP contribution is 2.23. The number of halogens is 1. The molecule has 1 aromatic heterocycles. The Morgan fingerprint density at radius 2 is 1.93 bits per heavy atom. The molecule has 1 aliphatic rings. The molecule has 0 spiro atoms. The van der Waals surface area contributed by atoms with Crippen molar-refractivity contribution in [1.29, 1.82) is 0 Å². The first-order chi connectivity index (χ1) is 13.2. The second-order valence-corrected chi connectivity index (χ2v) is 6.94. The normalized spacial score (nSPS) is 15.1. The number of hydrogen-bond acceptors (Lipinski definition) is 7. The summed E-state index contributed by atoms with van der Waals surface area (Å²) >= 11 is 7.25. The van der Waals surface area contributed by atoms with Crippen LogP contribution in [0.15, 0.2) is 57.9 Å². The van der Waals surface area contributed by atoms with Gasteiger partial charge in [-0.2, -0.15) is 0 Å². The molecular weight excluding hydrogens is 388 g/mol. The average molecular weight is 401 g/mol. The van der Waals surface area contributed by atoms with E-state index < -0.39 is 0 Å². The van der Waals surface area contributed by atoms with Gasteiger partial charge in [0.1, 0.15) is 5.75 Å². The molecule has 2 aromatic carbocycles. The maximum absolute atomic E-state index is 11.2. The number of amides is 1. The zero-order valence-electron chi connectivity index (χ0n) is 13.9. The van der Waals surface area contributed by atoms with Crippen molar-refractivity contribution >= 4 is 40.1 Å². The second kappa shape index (κ2) is 7.81. The zero-order chi connectivity index (χ0) is 18.6. The first kappa shape index (κ1) is 17.6. The predicted octanol–water partition coefficient (Wildman–Crippen LogP) is 3.82. The molecule has 1 amide bonds. The molecule has 1 fully saturated rings. The summed E-state index contributed by atoms with van der Waals surface area (Å²) in [5.41, 5.74) is 1.52. The number of rotatable bonds is 5. The topological polar surface area (TPSA) is 89.6 Å². The Labute approximate surface area is 163 Å². The van der Waals surface area contributed by atoms with Gasteiger partial charge in [0.15, 0.2) is 11.8 Å². The monoisotopic (exact) mass is 400 g/mol. The average Bonchev–Trinajstić information content (AvgIpc) is 3.31. The number of thioether (sulfide) groups is 1. The number of nitrogens with one attached hydrogen (secondary N) is 1. The van der Waals surface area contributed by atoms with Gasteiger partial charge in [0, 0.05) is 10.6 Å². The molecule has 4 rings (SSSR count). The summed E-state index contributed by atoms with van der Waals surface area (Å²) in [4.78, 5) is 15.5. The van der Waals surface area contributed by atoms with Crippen LogP contribution in [0, 0.1) is 0 Å². The van der Waals surface area contributed by atoms with Gasteiger partial charge in [-0.3, -0.25) is 4.79 Å². The molecule has 0 saturated carbocycles. The molecule has 3 aromatic rings. The molecule has 0 bridgehead atoms. The molecule has 27 heavy (non-hydrogen) atoms. The van der Waals surface area contributed by atoms with Gasteiger partial charge in [0.05, 0.1) is 11.4 Å². The number of aliphatic imine (C=N–C) groups is 1. The lowest BCUT2D eigenvalue weighted by Gasteiger charge is -2.03. The Bertz CT molecular complexity index is 987. The van der Waals surface area contributed by atoms with Crippen molar-refractivity contribution in [1.82, 2.24) is 15.5 Å². The van der Waals surface area contributed by atoms with Crippen LogP contribution < -0.4 is 10.1 Å². The Balaban J connectivity index is 1.36. The van der Waals surface area contributed by atoms with E-state index in [4.69, 9.17) is 20.8 Å². The first-order valence-electron chi connectivity index (χ1n) is 7.98. The minimum Gasteiger partial charge on any atom is -0.484 e. The second-order valence-electron chi connectivity index (χ2n) is 5.54. The van der Waals surface area contributed by atoms with Gasteiger partial charge >= 0.3 is 0 Å². The highest BCUT2D eigenvalue weighted by Gasteiger charge is 2.16. The van der Waals surface area contributed by atoms with Crippen LogP contribution in [0.2, 0.25) is 5.02 Å². The van der Waals surface area contributed by atoms with Gasteiger partial charge in [0.2, 0.25) is 11.8 Å². The molecule has 0 unspecified atom stereocenters. The summed E-state index contributed by atoms with van der Waals surface area (Å²) in [6.45, 7) is 0.153. The maximum atomic E-state index is 11.2. The Morgan fingerprint density at radius 3 is 2.63 bits per heavy atom. The maximum Gasteiger partial charge on any atom is 0.254 e. The minimum atomic E-state index is -0.0313.